The molecule has 0 heterocycles. The van der Waals surface area contributed by atoms with E-state index in [9.17, 15) is 8.42 Å². The molecule has 1 rings (SSSR count). The summed E-state index contributed by atoms with van der Waals surface area (Å²) in [7, 11) is -3.45. The number of nitrogens with two attached hydrogens (primary N) is 1. The highest BCUT2D eigenvalue weighted by atomic mass is 32.2. The van der Waals surface area contributed by atoms with E-state index in [1.165, 1.54) is 6.07 Å². The number of sulfonamides is 1. The van der Waals surface area contributed by atoms with E-state index in [-0.39, 0.29) is 10.4 Å². The second-order valence-electron chi connectivity index (χ2n) is 5.13. The molecule has 0 aromatic heterocycles. The highest BCUT2D eigenvalue weighted by Gasteiger charge is 2.17. The Kier molecular flexibility index (Phi) is 4.24. The number of hydrogen-bond donors (Lipinski definition) is 3. The highest BCUT2D eigenvalue weighted by Crippen LogP contribution is 2.25. The lowest BCUT2D eigenvalue weighted by atomic mass is 10.1. The van der Waals surface area contributed by atoms with Gasteiger partial charge >= 0.3 is 0 Å². The van der Waals surface area contributed by atoms with Crippen LogP contribution in [0.2, 0.25) is 0 Å². The van der Waals surface area contributed by atoms with Gasteiger partial charge in [0.15, 0.2) is 0 Å². The summed E-state index contributed by atoms with van der Waals surface area (Å²) in [5.74, 6) is 0. The van der Waals surface area contributed by atoms with Crippen LogP contribution in [-0.2, 0) is 10.0 Å². The van der Waals surface area contributed by atoms with Crippen LogP contribution in [0.1, 0.15) is 27.7 Å². The first kappa shape index (κ1) is 14.8. The van der Waals surface area contributed by atoms with Crippen LogP contribution >= 0.6 is 0 Å². The number of rotatable bonds is 4. The van der Waals surface area contributed by atoms with Crippen LogP contribution in [0.25, 0.3) is 0 Å². The molecule has 0 saturated carbocycles. The number of anilines is 2. The Morgan fingerprint density at radius 3 is 2.39 bits per heavy atom. The molecule has 6 heteroatoms. The molecule has 4 N–H and O–H groups in total. The normalized spacial score (nSPS) is 12.4. The van der Waals surface area contributed by atoms with E-state index in [1.54, 1.807) is 19.1 Å². The molecule has 5 nitrogen and oxygen atoms in total. The average Bonchev–Trinajstić information content (AvgIpc) is 2.19. The Hall–Kier alpha value is -1.27. The van der Waals surface area contributed by atoms with Crippen molar-refractivity contribution in [2.75, 3.05) is 17.6 Å². The minimum absolute atomic E-state index is 0.186. The molecule has 0 atom stereocenters. The first-order valence-electron chi connectivity index (χ1n) is 5.83. The third kappa shape index (κ3) is 3.89. The fraction of sp³-hybridized carbons (Fsp3) is 0.500. The Morgan fingerprint density at radius 1 is 1.28 bits per heavy atom. The predicted octanol–water partition coefficient (Wildman–Crippen LogP) is 1.78. The smallest absolute Gasteiger partial charge is 0.240 e. The molecular weight excluding hydrogens is 250 g/mol. The molecule has 0 radical (unpaired) electrons. The van der Waals surface area contributed by atoms with Crippen molar-refractivity contribution in [3.8, 4) is 0 Å². The number of nitrogen functional groups attached to an aromatic ring is 1. The van der Waals surface area contributed by atoms with E-state index in [2.05, 4.69) is 10.0 Å². The second kappa shape index (κ2) is 5.16. The molecule has 1 aromatic carbocycles. The van der Waals surface area contributed by atoms with Gasteiger partial charge in [-0.25, -0.2) is 13.1 Å². The minimum Gasteiger partial charge on any atom is -0.397 e. The molecule has 102 valence electrons. The highest BCUT2D eigenvalue weighted by molar-refractivity contribution is 7.89. The van der Waals surface area contributed by atoms with Crippen LogP contribution in [-0.4, -0.2) is 20.5 Å². The average molecular weight is 271 g/mol. The van der Waals surface area contributed by atoms with E-state index < -0.39 is 10.0 Å². The van der Waals surface area contributed by atoms with E-state index in [0.717, 1.165) is 0 Å². The topological polar surface area (TPSA) is 84.2 Å². The molecule has 0 aliphatic heterocycles. The van der Waals surface area contributed by atoms with Crippen molar-refractivity contribution in [3.63, 3.8) is 0 Å². The number of hydrogen-bond acceptors (Lipinski definition) is 4. The van der Waals surface area contributed by atoms with Crippen LogP contribution in [0.4, 0.5) is 11.4 Å². The third-order valence-corrected chi connectivity index (χ3v) is 3.72. The predicted molar refractivity (Wildman–Crippen MR) is 75.1 cm³/mol. The summed E-state index contributed by atoms with van der Waals surface area (Å²) in [6.45, 7) is 8.05. The molecule has 0 spiro atoms. The van der Waals surface area contributed by atoms with Gasteiger partial charge in [-0.15, -0.1) is 0 Å². The van der Waals surface area contributed by atoms with Crippen LogP contribution in [0, 0.1) is 0 Å². The summed E-state index contributed by atoms with van der Waals surface area (Å²) in [4.78, 5) is 0.213. The van der Waals surface area contributed by atoms with Gasteiger partial charge in [0.2, 0.25) is 10.0 Å². The van der Waals surface area contributed by atoms with Crippen molar-refractivity contribution in [1.82, 2.24) is 4.72 Å². The maximum Gasteiger partial charge on any atom is 0.240 e. The Labute approximate surface area is 109 Å². The molecule has 0 saturated heterocycles. The Bertz CT molecular complexity index is 519. The van der Waals surface area contributed by atoms with E-state index >= 15 is 0 Å². The largest absolute Gasteiger partial charge is 0.397 e. The lowest BCUT2D eigenvalue weighted by Gasteiger charge is -2.23. The monoisotopic (exact) mass is 271 g/mol. The summed E-state index contributed by atoms with van der Waals surface area (Å²) in [5, 5.41) is 3.19. The van der Waals surface area contributed by atoms with Crippen LogP contribution in [0.15, 0.2) is 23.1 Å². The molecule has 1 aromatic rings. The SMILES string of the molecule is CCNS(=O)(=O)c1ccc(N)c(NC(C)(C)C)c1. The van der Waals surface area contributed by atoms with Crippen LogP contribution < -0.4 is 15.8 Å². The Balaban J connectivity index is 3.16. The van der Waals surface area contributed by atoms with Crippen molar-refractivity contribution in [2.45, 2.75) is 38.1 Å². The Morgan fingerprint density at radius 2 is 1.89 bits per heavy atom. The zero-order valence-corrected chi connectivity index (χ0v) is 12.1. The van der Waals surface area contributed by atoms with Gasteiger partial charge in [0.25, 0.3) is 0 Å². The first-order chi connectivity index (χ1) is 8.15. The molecule has 0 fully saturated rings. The standard InChI is InChI=1S/C12H21N3O2S/c1-5-14-18(16,17)9-6-7-10(13)11(8-9)15-12(2,3)4/h6-8,14-15H,5,13H2,1-4H3. The van der Waals surface area contributed by atoms with E-state index in [0.29, 0.717) is 17.9 Å². The summed E-state index contributed by atoms with van der Waals surface area (Å²) >= 11 is 0. The van der Waals surface area contributed by atoms with Gasteiger partial charge in [-0.3, -0.25) is 0 Å². The fourth-order valence-corrected chi connectivity index (χ4v) is 2.56. The van der Waals surface area contributed by atoms with Gasteiger partial charge in [0.05, 0.1) is 16.3 Å². The maximum atomic E-state index is 11.9. The zero-order chi connectivity index (χ0) is 14.0. The summed E-state index contributed by atoms with van der Waals surface area (Å²) < 4.78 is 26.2. The van der Waals surface area contributed by atoms with Gasteiger partial charge in [-0.05, 0) is 39.0 Å². The molecule has 0 amide bonds. The summed E-state index contributed by atoms with van der Waals surface area (Å²) in [6.07, 6.45) is 0. The lowest BCUT2D eigenvalue weighted by molar-refractivity contribution is 0.583. The quantitative estimate of drug-likeness (QED) is 0.729. The maximum absolute atomic E-state index is 11.9. The number of nitrogens with one attached hydrogen (secondary N) is 2. The molecule has 18 heavy (non-hydrogen) atoms. The fourth-order valence-electron chi connectivity index (χ4n) is 1.49. The second-order valence-corrected chi connectivity index (χ2v) is 6.89. The summed E-state index contributed by atoms with van der Waals surface area (Å²) in [5.41, 5.74) is 6.80. The van der Waals surface area contributed by atoms with Crippen molar-refractivity contribution >= 4 is 21.4 Å². The summed E-state index contributed by atoms with van der Waals surface area (Å²) in [6, 6.07) is 4.65. The van der Waals surface area contributed by atoms with Gasteiger partial charge in [0, 0.05) is 12.1 Å². The molecule has 0 bridgehead atoms. The van der Waals surface area contributed by atoms with Gasteiger partial charge in [-0.2, -0.15) is 0 Å². The van der Waals surface area contributed by atoms with Crippen molar-refractivity contribution in [3.05, 3.63) is 18.2 Å². The lowest BCUT2D eigenvalue weighted by Crippen LogP contribution is -2.27. The minimum atomic E-state index is -3.45. The van der Waals surface area contributed by atoms with Crippen LogP contribution in [0.5, 0.6) is 0 Å². The molecule has 0 aliphatic carbocycles. The van der Waals surface area contributed by atoms with Gasteiger partial charge < -0.3 is 11.1 Å². The molecular formula is C12H21N3O2S. The van der Waals surface area contributed by atoms with Crippen molar-refractivity contribution in [1.29, 1.82) is 0 Å². The van der Waals surface area contributed by atoms with Gasteiger partial charge in [-0.1, -0.05) is 6.92 Å². The van der Waals surface area contributed by atoms with Crippen molar-refractivity contribution in [2.24, 2.45) is 0 Å². The molecule has 0 unspecified atom stereocenters. The van der Waals surface area contributed by atoms with E-state index in [1.807, 2.05) is 20.8 Å². The molecule has 0 aliphatic rings. The third-order valence-electron chi connectivity index (χ3n) is 2.18. The van der Waals surface area contributed by atoms with Crippen LogP contribution in [0.3, 0.4) is 0 Å². The van der Waals surface area contributed by atoms with Gasteiger partial charge in [0.1, 0.15) is 0 Å². The zero-order valence-electron chi connectivity index (χ0n) is 11.2. The van der Waals surface area contributed by atoms with E-state index in [4.69, 9.17) is 5.73 Å². The van der Waals surface area contributed by atoms with Crippen molar-refractivity contribution < 1.29 is 8.42 Å². The number of benzene rings is 1. The first-order valence-corrected chi connectivity index (χ1v) is 7.31.